The first-order valence-corrected chi connectivity index (χ1v) is 7.35. The minimum absolute atomic E-state index is 0.0464. The number of hydrogen-bond acceptors (Lipinski definition) is 2. The Hall–Kier alpha value is -1.90. The van der Waals surface area contributed by atoms with E-state index < -0.39 is 0 Å². The lowest BCUT2D eigenvalue weighted by atomic mass is 10.1. The first-order valence-electron chi connectivity index (χ1n) is 7.35. The molecule has 0 saturated carbocycles. The van der Waals surface area contributed by atoms with Gasteiger partial charge in [0, 0.05) is 11.1 Å². The van der Waals surface area contributed by atoms with Crippen LogP contribution in [-0.2, 0) is 12.8 Å². The van der Waals surface area contributed by atoms with Gasteiger partial charge in [-0.2, -0.15) is 0 Å². The lowest BCUT2D eigenvalue weighted by Gasteiger charge is -2.09. The minimum Gasteiger partial charge on any atom is -0.306 e. The third kappa shape index (κ3) is 2.40. The van der Waals surface area contributed by atoms with Gasteiger partial charge in [0.2, 0.25) is 0 Å². The molecule has 0 bridgehead atoms. The van der Waals surface area contributed by atoms with Gasteiger partial charge in [-0.3, -0.25) is 4.79 Å². The maximum Gasteiger partial charge on any atom is 0.254 e. The quantitative estimate of drug-likeness (QED) is 0.806. The van der Waals surface area contributed by atoms with Crippen molar-refractivity contribution in [3.05, 3.63) is 50.9 Å². The predicted molar refractivity (Wildman–Crippen MR) is 81.0 cm³/mol. The third-order valence-corrected chi connectivity index (χ3v) is 4.22. The maximum atomic E-state index is 12.3. The first-order chi connectivity index (χ1) is 9.65. The van der Waals surface area contributed by atoms with Crippen LogP contribution in [0.3, 0.4) is 0 Å². The van der Waals surface area contributed by atoms with Gasteiger partial charge in [-0.05, 0) is 56.7 Å². The molecule has 104 valence electrons. The van der Waals surface area contributed by atoms with Gasteiger partial charge in [0.05, 0.1) is 5.69 Å². The van der Waals surface area contributed by atoms with Crippen molar-refractivity contribution in [3.63, 3.8) is 0 Å². The SMILES string of the molecule is Cc1ccc(-c2nc3c(c(=O)[nH]2)CCCCC3)cc1C. The summed E-state index contributed by atoms with van der Waals surface area (Å²) in [6.07, 6.45) is 5.22. The minimum atomic E-state index is 0.0464. The normalized spacial score (nSPS) is 14.7. The molecule has 2 aromatic rings. The van der Waals surface area contributed by atoms with Gasteiger partial charge in [0.1, 0.15) is 5.82 Å². The predicted octanol–water partition coefficient (Wildman–Crippen LogP) is 3.32. The van der Waals surface area contributed by atoms with E-state index in [1.165, 1.54) is 17.5 Å². The summed E-state index contributed by atoms with van der Waals surface area (Å²) in [5.41, 5.74) is 5.42. The van der Waals surface area contributed by atoms with Gasteiger partial charge < -0.3 is 4.98 Å². The van der Waals surface area contributed by atoms with Crippen molar-refractivity contribution in [2.24, 2.45) is 0 Å². The van der Waals surface area contributed by atoms with Crippen LogP contribution in [0.25, 0.3) is 11.4 Å². The van der Waals surface area contributed by atoms with E-state index in [1.807, 2.05) is 6.07 Å². The van der Waals surface area contributed by atoms with E-state index in [1.54, 1.807) is 0 Å². The lowest BCUT2D eigenvalue weighted by molar-refractivity contribution is 0.708. The summed E-state index contributed by atoms with van der Waals surface area (Å²) in [7, 11) is 0. The highest BCUT2D eigenvalue weighted by molar-refractivity contribution is 5.57. The molecular formula is C17H20N2O. The van der Waals surface area contributed by atoms with Crippen molar-refractivity contribution >= 4 is 0 Å². The topological polar surface area (TPSA) is 45.8 Å². The molecule has 3 nitrogen and oxygen atoms in total. The van der Waals surface area contributed by atoms with Crippen LogP contribution in [-0.4, -0.2) is 9.97 Å². The fraction of sp³-hybridized carbons (Fsp3) is 0.412. The maximum absolute atomic E-state index is 12.3. The third-order valence-electron chi connectivity index (χ3n) is 4.22. The Morgan fingerprint density at radius 1 is 1.05 bits per heavy atom. The molecule has 1 N–H and O–H groups in total. The van der Waals surface area contributed by atoms with Crippen LogP contribution in [0.5, 0.6) is 0 Å². The molecule has 0 saturated heterocycles. The summed E-state index contributed by atoms with van der Waals surface area (Å²) >= 11 is 0. The Kier molecular flexibility index (Phi) is 3.43. The highest BCUT2D eigenvalue weighted by Crippen LogP contribution is 2.21. The number of aryl methyl sites for hydroxylation is 3. The number of nitrogens with one attached hydrogen (secondary N) is 1. The lowest BCUT2D eigenvalue weighted by Crippen LogP contribution is -2.18. The molecule has 3 heteroatoms. The Morgan fingerprint density at radius 3 is 2.65 bits per heavy atom. The van der Waals surface area contributed by atoms with Crippen molar-refractivity contribution in [2.45, 2.75) is 46.0 Å². The average molecular weight is 268 g/mol. The smallest absolute Gasteiger partial charge is 0.254 e. The largest absolute Gasteiger partial charge is 0.306 e. The molecule has 0 amide bonds. The Bertz CT molecular complexity index is 701. The van der Waals surface area contributed by atoms with E-state index in [0.717, 1.165) is 42.5 Å². The second-order valence-electron chi connectivity index (χ2n) is 5.70. The average Bonchev–Trinajstić information content (AvgIpc) is 2.67. The molecule has 0 fully saturated rings. The molecule has 0 radical (unpaired) electrons. The highest BCUT2D eigenvalue weighted by Gasteiger charge is 2.15. The summed E-state index contributed by atoms with van der Waals surface area (Å²) in [5, 5.41) is 0. The molecular weight excluding hydrogens is 248 g/mol. The second kappa shape index (κ2) is 5.23. The van der Waals surface area contributed by atoms with Crippen LogP contribution < -0.4 is 5.56 Å². The summed E-state index contributed by atoms with van der Waals surface area (Å²) in [6, 6.07) is 6.21. The monoisotopic (exact) mass is 268 g/mol. The molecule has 0 aliphatic heterocycles. The zero-order valence-corrected chi connectivity index (χ0v) is 12.1. The van der Waals surface area contributed by atoms with Gasteiger partial charge in [0.25, 0.3) is 5.56 Å². The molecule has 1 aliphatic rings. The Balaban J connectivity index is 2.10. The highest BCUT2D eigenvalue weighted by atomic mass is 16.1. The number of aromatic nitrogens is 2. The van der Waals surface area contributed by atoms with Crippen LogP contribution >= 0.6 is 0 Å². The van der Waals surface area contributed by atoms with Crippen molar-refractivity contribution in [3.8, 4) is 11.4 Å². The van der Waals surface area contributed by atoms with E-state index in [2.05, 4.69) is 31.0 Å². The zero-order chi connectivity index (χ0) is 14.1. The summed E-state index contributed by atoms with van der Waals surface area (Å²) in [5.74, 6) is 0.707. The van der Waals surface area contributed by atoms with E-state index in [0.29, 0.717) is 5.82 Å². The molecule has 0 spiro atoms. The molecule has 1 aliphatic carbocycles. The number of rotatable bonds is 1. The Morgan fingerprint density at radius 2 is 1.85 bits per heavy atom. The number of nitrogens with zero attached hydrogens (tertiary/aromatic N) is 1. The number of H-pyrrole nitrogens is 1. The number of hydrogen-bond donors (Lipinski definition) is 1. The molecule has 20 heavy (non-hydrogen) atoms. The number of benzene rings is 1. The van der Waals surface area contributed by atoms with Crippen LogP contribution in [0.15, 0.2) is 23.0 Å². The van der Waals surface area contributed by atoms with E-state index in [-0.39, 0.29) is 5.56 Å². The molecule has 0 unspecified atom stereocenters. The van der Waals surface area contributed by atoms with Crippen LogP contribution in [0.2, 0.25) is 0 Å². The van der Waals surface area contributed by atoms with Crippen molar-refractivity contribution in [2.75, 3.05) is 0 Å². The van der Waals surface area contributed by atoms with Gasteiger partial charge >= 0.3 is 0 Å². The molecule has 1 aromatic heterocycles. The number of fused-ring (bicyclic) bond motifs is 1. The van der Waals surface area contributed by atoms with Crippen LogP contribution in [0.1, 0.15) is 41.6 Å². The van der Waals surface area contributed by atoms with Crippen LogP contribution in [0, 0.1) is 13.8 Å². The van der Waals surface area contributed by atoms with Gasteiger partial charge in [-0.15, -0.1) is 0 Å². The van der Waals surface area contributed by atoms with Crippen LogP contribution in [0.4, 0.5) is 0 Å². The molecule has 3 rings (SSSR count). The molecule has 0 atom stereocenters. The fourth-order valence-corrected chi connectivity index (χ4v) is 2.81. The van der Waals surface area contributed by atoms with E-state index in [4.69, 9.17) is 4.98 Å². The zero-order valence-electron chi connectivity index (χ0n) is 12.1. The van der Waals surface area contributed by atoms with Crippen molar-refractivity contribution in [1.82, 2.24) is 9.97 Å². The standard InChI is InChI=1S/C17H20N2O/c1-11-8-9-13(10-12(11)2)16-18-15-7-5-3-4-6-14(15)17(20)19-16/h8-10H,3-7H2,1-2H3,(H,18,19,20). The number of aromatic amines is 1. The van der Waals surface area contributed by atoms with Crippen molar-refractivity contribution < 1.29 is 0 Å². The summed E-state index contributed by atoms with van der Waals surface area (Å²) < 4.78 is 0. The Labute approximate surface area is 119 Å². The second-order valence-corrected chi connectivity index (χ2v) is 5.70. The summed E-state index contributed by atoms with van der Waals surface area (Å²) in [4.78, 5) is 19.9. The van der Waals surface area contributed by atoms with Gasteiger partial charge in [0.15, 0.2) is 0 Å². The molecule has 1 aromatic carbocycles. The first kappa shape index (κ1) is 13.1. The fourth-order valence-electron chi connectivity index (χ4n) is 2.81. The van der Waals surface area contributed by atoms with E-state index >= 15 is 0 Å². The van der Waals surface area contributed by atoms with E-state index in [9.17, 15) is 4.79 Å². The van der Waals surface area contributed by atoms with Gasteiger partial charge in [-0.25, -0.2) is 4.98 Å². The van der Waals surface area contributed by atoms with Crippen molar-refractivity contribution in [1.29, 1.82) is 0 Å². The summed E-state index contributed by atoms with van der Waals surface area (Å²) in [6.45, 7) is 4.17. The molecule has 1 heterocycles. The van der Waals surface area contributed by atoms with Gasteiger partial charge in [-0.1, -0.05) is 18.6 Å².